The van der Waals surface area contributed by atoms with Gasteiger partial charge in [-0.1, -0.05) is 6.92 Å². The molecular formula is C12H13NO4S3. The van der Waals surface area contributed by atoms with Crippen molar-refractivity contribution in [1.82, 2.24) is 0 Å². The second kappa shape index (κ2) is 5.55. The highest BCUT2D eigenvalue weighted by atomic mass is 32.2. The standard InChI is InChI=1S/C12H13NO4S3/c1-3-8-4-5-9(19-8)20(16,17)13-10-7(2)6-18-11(10)12(14)15/h4-6,13H,3H2,1-2H3,(H,14,15). The number of thiophene rings is 2. The first-order chi connectivity index (χ1) is 9.35. The maximum atomic E-state index is 12.3. The number of sulfonamides is 1. The average Bonchev–Trinajstić information content (AvgIpc) is 2.97. The molecule has 0 unspecified atom stereocenters. The smallest absolute Gasteiger partial charge is 0.348 e. The van der Waals surface area contributed by atoms with Crippen molar-refractivity contribution >= 4 is 44.4 Å². The number of carbonyl (C=O) groups is 1. The fourth-order valence-corrected chi connectivity index (χ4v) is 4.95. The molecule has 20 heavy (non-hydrogen) atoms. The lowest BCUT2D eigenvalue weighted by molar-refractivity contribution is 0.0703. The lowest BCUT2D eigenvalue weighted by Crippen LogP contribution is -2.13. The summed E-state index contributed by atoms with van der Waals surface area (Å²) in [7, 11) is -3.74. The Balaban J connectivity index is 2.38. The van der Waals surface area contributed by atoms with Crippen LogP contribution in [0.1, 0.15) is 27.0 Å². The van der Waals surface area contributed by atoms with Crippen LogP contribution >= 0.6 is 22.7 Å². The molecular weight excluding hydrogens is 318 g/mol. The zero-order chi connectivity index (χ0) is 14.9. The number of hydrogen-bond acceptors (Lipinski definition) is 5. The minimum absolute atomic E-state index is 0.00153. The monoisotopic (exact) mass is 331 g/mol. The third-order valence-corrected chi connectivity index (χ3v) is 6.81. The average molecular weight is 331 g/mol. The molecule has 2 N–H and O–H groups in total. The largest absolute Gasteiger partial charge is 0.477 e. The molecule has 0 aliphatic carbocycles. The first-order valence-corrected chi connectivity index (χ1v) is 8.96. The number of rotatable bonds is 5. The third kappa shape index (κ3) is 2.87. The van der Waals surface area contributed by atoms with Crippen LogP contribution in [0.25, 0.3) is 0 Å². The quantitative estimate of drug-likeness (QED) is 0.881. The summed E-state index contributed by atoms with van der Waals surface area (Å²) in [6.07, 6.45) is 0.762. The van der Waals surface area contributed by atoms with E-state index < -0.39 is 16.0 Å². The highest BCUT2D eigenvalue weighted by Crippen LogP contribution is 2.31. The highest BCUT2D eigenvalue weighted by Gasteiger charge is 2.23. The van der Waals surface area contributed by atoms with Crippen molar-refractivity contribution in [3.8, 4) is 0 Å². The minimum Gasteiger partial charge on any atom is -0.477 e. The topological polar surface area (TPSA) is 83.5 Å². The molecule has 0 aliphatic rings. The molecule has 2 heterocycles. The van der Waals surface area contributed by atoms with Crippen LogP contribution < -0.4 is 4.72 Å². The van der Waals surface area contributed by atoms with Crippen LogP contribution in [0.3, 0.4) is 0 Å². The highest BCUT2D eigenvalue weighted by molar-refractivity contribution is 7.94. The van der Waals surface area contributed by atoms with Crippen LogP contribution in [0, 0.1) is 6.92 Å². The SMILES string of the molecule is CCc1ccc(S(=O)(=O)Nc2c(C)csc2C(=O)O)s1. The van der Waals surface area contributed by atoms with Gasteiger partial charge in [-0.3, -0.25) is 4.72 Å². The Labute approximate surface area is 124 Å². The Morgan fingerprint density at radius 3 is 2.65 bits per heavy atom. The van der Waals surface area contributed by atoms with Gasteiger partial charge in [0.05, 0.1) is 5.69 Å². The fourth-order valence-electron chi connectivity index (χ4n) is 1.61. The van der Waals surface area contributed by atoms with E-state index >= 15 is 0 Å². The molecule has 5 nitrogen and oxygen atoms in total. The van der Waals surface area contributed by atoms with Crippen molar-refractivity contribution < 1.29 is 18.3 Å². The Morgan fingerprint density at radius 1 is 1.40 bits per heavy atom. The fraction of sp³-hybridized carbons (Fsp3) is 0.250. The third-order valence-electron chi connectivity index (χ3n) is 2.66. The molecule has 0 bridgehead atoms. The predicted molar refractivity (Wildman–Crippen MR) is 80.5 cm³/mol. The van der Waals surface area contributed by atoms with Gasteiger partial charge in [-0.05, 0) is 36.4 Å². The minimum atomic E-state index is -3.74. The molecule has 108 valence electrons. The molecule has 0 saturated heterocycles. The van der Waals surface area contributed by atoms with Gasteiger partial charge in [0, 0.05) is 4.88 Å². The number of carboxylic acids is 1. The molecule has 0 amide bonds. The molecule has 0 aliphatic heterocycles. The van der Waals surface area contributed by atoms with Crippen LogP contribution in [0.2, 0.25) is 0 Å². The summed E-state index contributed by atoms with van der Waals surface area (Å²) in [5.74, 6) is -1.14. The van der Waals surface area contributed by atoms with Gasteiger partial charge < -0.3 is 5.11 Å². The van der Waals surface area contributed by atoms with E-state index in [9.17, 15) is 13.2 Å². The van der Waals surface area contributed by atoms with Gasteiger partial charge >= 0.3 is 5.97 Å². The van der Waals surface area contributed by atoms with Crippen molar-refractivity contribution in [2.75, 3.05) is 4.72 Å². The normalized spacial score (nSPS) is 11.5. The van der Waals surface area contributed by atoms with Crippen LogP contribution in [0.4, 0.5) is 5.69 Å². The Bertz CT molecular complexity index is 743. The number of carboxylic acid groups (broad SMARTS) is 1. The van der Waals surface area contributed by atoms with Crippen LogP contribution in [0.15, 0.2) is 21.7 Å². The number of hydrogen-bond donors (Lipinski definition) is 2. The van der Waals surface area contributed by atoms with E-state index in [1.807, 2.05) is 6.92 Å². The Kier molecular flexibility index (Phi) is 4.17. The lowest BCUT2D eigenvalue weighted by atomic mass is 10.3. The predicted octanol–water partition coefficient (Wildman–Crippen LogP) is 3.18. The molecule has 0 fully saturated rings. The summed E-state index contributed by atoms with van der Waals surface area (Å²) >= 11 is 2.19. The molecule has 2 rings (SSSR count). The molecule has 8 heteroatoms. The van der Waals surface area contributed by atoms with Gasteiger partial charge in [0.2, 0.25) is 0 Å². The van der Waals surface area contributed by atoms with E-state index in [1.165, 1.54) is 17.4 Å². The molecule has 2 aromatic rings. The molecule has 0 spiro atoms. The summed E-state index contributed by atoms with van der Waals surface area (Å²) in [5, 5.41) is 10.7. The Hall–Kier alpha value is -1.38. The lowest BCUT2D eigenvalue weighted by Gasteiger charge is -2.07. The molecule has 0 aromatic carbocycles. The molecule has 0 saturated carbocycles. The van der Waals surface area contributed by atoms with Crippen LogP contribution in [-0.2, 0) is 16.4 Å². The first kappa shape index (κ1) is 15.0. The summed E-state index contributed by atoms with van der Waals surface area (Å²) in [4.78, 5) is 12.0. The van der Waals surface area contributed by atoms with Gasteiger partial charge in [0.15, 0.2) is 0 Å². The number of anilines is 1. The van der Waals surface area contributed by atoms with Gasteiger partial charge in [-0.15, -0.1) is 22.7 Å². The summed E-state index contributed by atoms with van der Waals surface area (Å²) in [6.45, 7) is 3.62. The maximum Gasteiger partial charge on any atom is 0.348 e. The van der Waals surface area contributed by atoms with Gasteiger partial charge in [-0.25, -0.2) is 13.2 Å². The summed E-state index contributed by atoms with van der Waals surface area (Å²) in [6, 6.07) is 3.30. The van der Waals surface area contributed by atoms with Crippen molar-refractivity contribution in [3.63, 3.8) is 0 Å². The maximum absolute atomic E-state index is 12.3. The zero-order valence-corrected chi connectivity index (χ0v) is 13.3. The van der Waals surface area contributed by atoms with E-state index in [0.29, 0.717) is 5.56 Å². The first-order valence-electron chi connectivity index (χ1n) is 5.78. The van der Waals surface area contributed by atoms with E-state index in [4.69, 9.17) is 5.11 Å². The zero-order valence-electron chi connectivity index (χ0n) is 10.8. The van der Waals surface area contributed by atoms with Gasteiger partial charge in [0.1, 0.15) is 9.09 Å². The molecule has 0 atom stereocenters. The second-order valence-corrected chi connectivity index (χ2v) is 8.07. The van der Waals surface area contributed by atoms with Crippen molar-refractivity contribution in [2.24, 2.45) is 0 Å². The summed E-state index contributed by atoms with van der Waals surface area (Å²) < 4.78 is 27.1. The second-order valence-electron chi connectivity index (χ2n) is 4.11. The Morgan fingerprint density at radius 2 is 2.10 bits per heavy atom. The van der Waals surface area contributed by atoms with E-state index in [2.05, 4.69) is 4.72 Å². The number of aromatic carboxylic acids is 1. The van der Waals surface area contributed by atoms with E-state index in [0.717, 1.165) is 22.6 Å². The van der Waals surface area contributed by atoms with E-state index in [1.54, 1.807) is 18.4 Å². The number of aryl methyl sites for hydroxylation is 2. The van der Waals surface area contributed by atoms with E-state index in [-0.39, 0.29) is 14.8 Å². The van der Waals surface area contributed by atoms with Crippen LogP contribution in [0.5, 0.6) is 0 Å². The van der Waals surface area contributed by atoms with Gasteiger partial charge in [-0.2, -0.15) is 0 Å². The molecule has 0 radical (unpaired) electrons. The summed E-state index contributed by atoms with van der Waals surface area (Å²) in [5.41, 5.74) is 0.747. The van der Waals surface area contributed by atoms with Crippen LogP contribution in [-0.4, -0.2) is 19.5 Å². The number of nitrogens with one attached hydrogen (secondary N) is 1. The van der Waals surface area contributed by atoms with Crippen molar-refractivity contribution in [3.05, 3.63) is 32.8 Å². The van der Waals surface area contributed by atoms with Gasteiger partial charge in [0.25, 0.3) is 10.0 Å². The van der Waals surface area contributed by atoms with Crippen molar-refractivity contribution in [1.29, 1.82) is 0 Å². The van der Waals surface area contributed by atoms with Crippen molar-refractivity contribution in [2.45, 2.75) is 24.5 Å². The molecule has 2 aromatic heterocycles.